The van der Waals surface area contributed by atoms with Crippen molar-refractivity contribution in [1.82, 2.24) is 4.98 Å². The lowest BCUT2D eigenvalue weighted by Gasteiger charge is -1.96. The highest BCUT2D eigenvalue weighted by atomic mass is 15.1. The summed E-state index contributed by atoms with van der Waals surface area (Å²) in [6.45, 7) is 2.11. The Morgan fingerprint density at radius 3 is 2.35 bits per heavy atom. The number of benzene rings is 2. The van der Waals surface area contributed by atoms with Crippen LogP contribution in [0.3, 0.4) is 0 Å². The van der Waals surface area contributed by atoms with Gasteiger partial charge in [-0.3, -0.25) is 0 Å². The van der Waals surface area contributed by atoms with Gasteiger partial charge in [-0.25, -0.2) is 9.55 Å². The number of imidazole rings is 1. The third-order valence-corrected chi connectivity index (χ3v) is 3.18. The van der Waals surface area contributed by atoms with Gasteiger partial charge in [-0.05, 0) is 31.2 Å². The van der Waals surface area contributed by atoms with E-state index in [4.69, 9.17) is 0 Å². The summed E-state index contributed by atoms with van der Waals surface area (Å²) in [5, 5.41) is 0. The second kappa shape index (κ2) is 3.74. The first-order valence-electron chi connectivity index (χ1n) is 5.79. The first-order chi connectivity index (χ1) is 8.25. The molecule has 1 N–H and O–H groups in total. The topological polar surface area (TPSA) is 19.7 Å². The van der Waals surface area contributed by atoms with Crippen LogP contribution in [0, 0.1) is 6.92 Å². The third kappa shape index (κ3) is 1.62. The van der Waals surface area contributed by atoms with E-state index >= 15 is 0 Å². The van der Waals surface area contributed by atoms with Crippen LogP contribution in [-0.4, -0.2) is 4.98 Å². The molecule has 0 aliphatic heterocycles. The van der Waals surface area contributed by atoms with Crippen molar-refractivity contribution in [3.63, 3.8) is 0 Å². The van der Waals surface area contributed by atoms with Crippen molar-refractivity contribution in [2.24, 2.45) is 7.05 Å². The van der Waals surface area contributed by atoms with Gasteiger partial charge in [-0.15, -0.1) is 0 Å². The number of fused-ring (bicyclic) bond motifs is 1. The van der Waals surface area contributed by atoms with Gasteiger partial charge >= 0.3 is 0 Å². The van der Waals surface area contributed by atoms with Crippen LogP contribution in [-0.2, 0) is 7.05 Å². The Morgan fingerprint density at radius 1 is 0.941 bits per heavy atom. The van der Waals surface area contributed by atoms with Crippen LogP contribution >= 0.6 is 0 Å². The fourth-order valence-corrected chi connectivity index (χ4v) is 2.18. The van der Waals surface area contributed by atoms with E-state index in [0.717, 1.165) is 5.82 Å². The molecule has 0 fully saturated rings. The molecule has 1 aromatic heterocycles. The summed E-state index contributed by atoms with van der Waals surface area (Å²) in [5.41, 5.74) is 4.90. The maximum atomic E-state index is 3.46. The summed E-state index contributed by atoms with van der Waals surface area (Å²) in [7, 11) is 2.09. The number of para-hydroxylation sites is 2. The lowest BCUT2D eigenvalue weighted by atomic mass is 10.1. The van der Waals surface area contributed by atoms with Gasteiger partial charge in [0.1, 0.15) is 0 Å². The largest absolute Gasteiger partial charge is 0.287 e. The Hall–Kier alpha value is -2.09. The van der Waals surface area contributed by atoms with Crippen LogP contribution in [0.25, 0.3) is 22.4 Å². The Bertz CT molecular complexity index is 663. The number of hydrogen-bond donors (Lipinski definition) is 1. The molecule has 0 saturated heterocycles. The molecule has 0 amide bonds. The Balaban J connectivity index is 2.24. The average Bonchev–Trinajstić information content (AvgIpc) is 2.69. The molecule has 2 aromatic carbocycles. The molecule has 0 aliphatic carbocycles. The maximum absolute atomic E-state index is 3.46. The zero-order valence-corrected chi connectivity index (χ0v) is 10.1. The molecule has 0 saturated carbocycles. The molecule has 1 heterocycles. The van der Waals surface area contributed by atoms with Crippen LogP contribution in [0.4, 0.5) is 0 Å². The maximum Gasteiger partial charge on any atom is 0.287 e. The number of hydrogen-bond acceptors (Lipinski definition) is 0. The number of aryl methyl sites for hydroxylation is 2. The predicted octanol–water partition coefficient (Wildman–Crippen LogP) is 2.97. The third-order valence-electron chi connectivity index (χ3n) is 3.18. The summed E-state index contributed by atoms with van der Waals surface area (Å²) in [5.74, 6) is 1.14. The van der Waals surface area contributed by atoms with Crippen molar-refractivity contribution in [3.8, 4) is 11.4 Å². The van der Waals surface area contributed by atoms with E-state index in [2.05, 4.69) is 72.1 Å². The second-order valence-electron chi connectivity index (χ2n) is 4.42. The Labute approximate surface area is 101 Å². The number of aromatic amines is 1. The van der Waals surface area contributed by atoms with Gasteiger partial charge in [0.15, 0.2) is 11.0 Å². The summed E-state index contributed by atoms with van der Waals surface area (Å²) in [4.78, 5) is 3.46. The molecule has 3 rings (SSSR count). The minimum absolute atomic E-state index is 1.14. The van der Waals surface area contributed by atoms with Crippen LogP contribution in [0.15, 0.2) is 48.5 Å². The molecule has 2 nitrogen and oxygen atoms in total. The molecule has 17 heavy (non-hydrogen) atoms. The quantitative estimate of drug-likeness (QED) is 0.612. The normalized spacial score (nSPS) is 10.9. The molecule has 84 valence electrons. The van der Waals surface area contributed by atoms with Gasteiger partial charge in [-0.2, -0.15) is 0 Å². The molecule has 3 aromatic rings. The molecule has 0 radical (unpaired) electrons. The van der Waals surface area contributed by atoms with E-state index < -0.39 is 0 Å². The van der Waals surface area contributed by atoms with Crippen LogP contribution < -0.4 is 4.57 Å². The van der Waals surface area contributed by atoms with Crippen molar-refractivity contribution < 1.29 is 4.57 Å². The van der Waals surface area contributed by atoms with E-state index in [9.17, 15) is 0 Å². The lowest BCUT2D eigenvalue weighted by Crippen LogP contribution is -2.28. The smallest absolute Gasteiger partial charge is 0.236 e. The highest BCUT2D eigenvalue weighted by molar-refractivity contribution is 5.74. The number of rotatable bonds is 1. The fourth-order valence-electron chi connectivity index (χ4n) is 2.18. The van der Waals surface area contributed by atoms with E-state index in [-0.39, 0.29) is 0 Å². The van der Waals surface area contributed by atoms with Gasteiger partial charge in [0.25, 0.3) is 5.82 Å². The number of nitrogens with zero attached hydrogens (tertiary/aromatic N) is 1. The second-order valence-corrected chi connectivity index (χ2v) is 4.42. The van der Waals surface area contributed by atoms with Crippen molar-refractivity contribution >= 4 is 11.0 Å². The van der Waals surface area contributed by atoms with Gasteiger partial charge < -0.3 is 0 Å². The predicted molar refractivity (Wildman–Crippen MR) is 69.6 cm³/mol. The lowest BCUT2D eigenvalue weighted by molar-refractivity contribution is -0.633. The number of H-pyrrole nitrogens is 1. The van der Waals surface area contributed by atoms with E-state index in [0.29, 0.717) is 0 Å². The highest BCUT2D eigenvalue weighted by Gasteiger charge is 2.15. The first-order valence-corrected chi connectivity index (χ1v) is 5.79. The monoisotopic (exact) mass is 223 g/mol. The average molecular weight is 223 g/mol. The number of nitrogens with one attached hydrogen (secondary N) is 1. The van der Waals surface area contributed by atoms with Crippen molar-refractivity contribution in [2.45, 2.75) is 6.92 Å². The Morgan fingerprint density at radius 2 is 1.65 bits per heavy atom. The minimum atomic E-state index is 1.14. The van der Waals surface area contributed by atoms with Crippen LogP contribution in [0.5, 0.6) is 0 Å². The molecule has 0 unspecified atom stereocenters. The molecule has 0 atom stereocenters. The van der Waals surface area contributed by atoms with Gasteiger partial charge in [0, 0.05) is 0 Å². The first kappa shape index (κ1) is 10.1. The Kier molecular flexibility index (Phi) is 2.22. The molecule has 0 bridgehead atoms. The molecule has 2 heteroatoms. The molecular weight excluding hydrogens is 208 g/mol. The minimum Gasteiger partial charge on any atom is -0.236 e. The number of aromatic nitrogens is 2. The van der Waals surface area contributed by atoms with Crippen LogP contribution in [0.2, 0.25) is 0 Å². The summed E-state index contributed by atoms with van der Waals surface area (Å²) < 4.78 is 2.19. The molecule has 0 spiro atoms. The van der Waals surface area contributed by atoms with E-state index in [1.807, 2.05) is 0 Å². The van der Waals surface area contributed by atoms with Crippen molar-refractivity contribution in [3.05, 3.63) is 54.1 Å². The van der Waals surface area contributed by atoms with E-state index in [1.165, 1.54) is 22.2 Å². The summed E-state index contributed by atoms with van der Waals surface area (Å²) >= 11 is 0. The highest BCUT2D eigenvalue weighted by Crippen LogP contribution is 2.18. The fraction of sp³-hybridized carbons (Fsp3) is 0.133. The van der Waals surface area contributed by atoms with Crippen molar-refractivity contribution in [2.75, 3.05) is 0 Å². The zero-order valence-electron chi connectivity index (χ0n) is 10.1. The SMILES string of the molecule is Cc1ccc(-c2[nH]c3ccccc3[n+]2C)cc1. The van der Waals surface area contributed by atoms with Crippen molar-refractivity contribution in [1.29, 1.82) is 0 Å². The van der Waals surface area contributed by atoms with Gasteiger partial charge in [0.05, 0.1) is 12.6 Å². The summed E-state index contributed by atoms with van der Waals surface area (Å²) in [6.07, 6.45) is 0. The zero-order chi connectivity index (χ0) is 11.8. The van der Waals surface area contributed by atoms with Gasteiger partial charge in [0.2, 0.25) is 0 Å². The van der Waals surface area contributed by atoms with E-state index in [1.54, 1.807) is 0 Å². The standard InChI is InChI=1S/C15H14N2/c1-11-7-9-12(10-8-11)15-16-13-5-3-4-6-14(13)17(15)2/h3-10H,1-2H3/p+1. The van der Waals surface area contributed by atoms with Gasteiger partial charge in [-0.1, -0.05) is 29.8 Å². The summed E-state index contributed by atoms with van der Waals surface area (Å²) in [6, 6.07) is 16.9. The molecular formula is C15H15N2+. The molecule has 0 aliphatic rings. The van der Waals surface area contributed by atoms with Crippen LogP contribution in [0.1, 0.15) is 5.56 Å².